The summed E-state index contributed by atoms with van der Waals surface area (Å²) in [6.07, 6.45) is -0.675. The number of fused-ring (bicyclic) bond motifs is 2. The summed E-state index contributed by atoms with van der Waals surface area (Å²) in [5.74, 6) is -2.25. The Morgan fingerprint density at radius 3 is 2.65 bits per heavy atom. The summed E-state index contributed by atoms with van der Waals surface area (Å²) in [6, 6.07) is 15.9. The lowest BCUT2D eigenvalue weighted by atomic mass is 9.71. The summed E-state index contributed by atoms with van der Waals surface area (Å²) in [7, 11) is 0. The van der Waals surface area contributed by atoms with Gasteiger partial charge in [-0.3, -0.25) is 0 Å². The van der Waals surface area contributed by atoms with Crippen LogP contribution < -0.4 is 0 Å². The van der Waals surface area contributed by atoms with Crippen LogP contribution >= 0.6 is 0 Å². The molecule has 2 heterocycles. The van der Waals surface area contributed by atoms with Crippen LogP contribution in [0.15, 0.2) is 54.6 Å². The summed E-state index contributed by atoms with van der Waals surface area (Å²) >= 11 is 0. The van der Waals surface area contributed by atoms with Gasteiger partial charge in [-0.2, -0.15) is 0 Å². The van der Waals surface area contributed by atoms with Crippen LogP contribution in [-0.4, -0.2) is 34.3 Å². The standard InChI is InChI=1S/C27H25F2NO4/c1-16-10-17(21-5-3-2-4-18(21)14-31)6-7-20(16)23-13-30(26(32)33)9-8-27(23)22-12-25(29)24(28)11-19(22)15-34-27/h2-7,10-12,23,31H,8-9,13-15H2,1H3,(H,32,33)/t23-,27+/m1/s1. The number of aliphatic hydroxyl groups is 1. The maximum atomic E-state index is 14.3. The van der Waals surface area contributed by atoms with E-state index in [0.717, 1.165) is 27.8 Å². The van der Waals surface area contributed by atoms with Crippen LogP contribution in [0.25, 0.3) is 11.1 Å². The molecule has 5 rings (SSSR count). The number of rotatable bonds is 3. The fraction of sp³-hybridized carbons (Fsp3) is 0.296. The van der Waals surface area contributed by atoms with Gasteiger partial charge in [-0.05, 0) is 64.4 Å². The van der Waals surface area contributed by atoms with E-state index in [9.17, 15) is 23.8 Å². The first-order chi connectivity index (χ1) is 16.3. The predicted octanol–water partition coefficient (Wildman–Crippen LogP) is 5.33. The third kappa shape index (κ3) is 3.56. The molecule has 0 aromatic heterocycles. The van der Waals surface area contributed by atoms with Gasteiger partial charge in [-0.25, -0.2) is 13.6 Å². The molecule has 2 N–H and O–H groups in total. The van der Waals surface area contributed by atoms with Crippen molar-refractivity contribution >= 4 is 6.09 Å². The Labute approximate surface area is 196 Å². The number of piperidine rings is 1. The highest BCUT2D eigenvalue weighted by molar-refractivity contribution is 5.69. The van der Waals surface area contributed by atoms with E-state index in [2.05, 4.69) is 0 Å². The van der Waals surface area contributed by atoms with Gasteiger partial charge >= 0.3 is 6.09 Å². The molecule has 1 fully saturated rings. The number of carboxylic acid groups (broad SMARTS) is 1. The van der Waals surface area contributed by atoms with Crippen molar-refractivity contribution in [3.63, 3.8) is 0 Å². The molecular weight excluding hydrogens is 440 g/mol. The maximum Gasteiger partial charge on any atom is 0.407 e. The molecule has 3 aromatic rings. The van der Waals surface area contributed by atoms with E-state index in [1.807, 2.05) is 49.4 Å². The van der Waals surface area contributed by atoms with Crippen LogP contribution in [0.4, 0.5) is 13.6 Å². The SMILES string of the molecule is Cc1cc(-c2ccccc2CO)ccc1[C@H]1CN(C(=O)O)CC[C@@]12OCc1cc(F)c(F)cc12. The highest BCUT2D eigenvalue weighted by Gasteiger charge is 2.51. The quantitative estimate of drug-likeness (QED) is 0.549. The van der Waals surface area contributed by atoms with Crippen molar-refractivity contribution < 1.29 is 28.5 Å². The molecular formula is C27H25F2NO4. The molecule has 5 nitrogen and oxygen atoms in total. The number of aliphatic hydroxyl groups excluding tert-OH is 1. The number of amides is 1. The van der Waals surface area contributed by atoms with Gasteiger partial charge in [0.1, 0.15) is 5.60 Å². The second-order valence-electron chi connectivity index (χ2n) is 9.02. The molecule has 176 valence electrons. The van der Waals surface area contributed by atoms with E-state index in [1.165, 1.54) is 17.0 Å². The molecule has 0 saturated carbocycles. The molecule has 0 bridgehead atoms. The largest absolute Gasteiger partial charge is 0.465 e. The van der Waals surface area contributed by atoms with Gasteiger partial charge in [-0.15, -0.1) is 0 Å². The lowest BCUT2D eigenvalue weighted by Gasteiger charge is -2.45. The Morgan fingerprint density at radius 1 is 1.15 bits per heavy atom. The Morgan fingerprint density at radius 2 is 1.91 bits per heavy atom. The van der Waals surface area contributed by atoms with Crippen molar-refractivity contribution in [2.75, 3.05) is 13.1 Å². The third-order valence-electron chi connectivity index (χ3n) is 7.22. The second kappa shape index (κ2) is 8.49. The first-order valence-corrected chi connectivity index (χ1v) is 11.2. The molecule has 1 amide bonds. The third-order valence-corrected chi connectivity index (χ3v) is 7.22. The smallest absolute Gasteiger partial charge is 0.407 e. The highest BCUT2D eigenvalue weighted by atomic mass is 19.2. The Balaban J connectivity index is 1.61. The fourth-order valence-electron chi connectivity index (χ4n) is 5.51. The van der Waals surface area contributed by atoms with Crippen molar-refractivity contribution in [3.05, 3.63) is 94.0 Å². The number of hydrogen-bond donors (Lipinski definition) is 2. The summed E-state index contributed by atoms with van der Waals surface area (Å²) in [4.78, 5) is 13.2. The van der Waals surface area contributed by atoms with Gasteiger partial charge in [0, 0.05) is 19.0 Å². The van der Waals surface area contributed by atoms with Crippen molar-refractivity contribution in [2.45, 2.75) is 38.1 Å². The molecule has 1 spiro atoms. The molecule has 2 atom stereocenters. The zero-order valence-corrected chi connectivity index (χ0v) is 18.7. The van der Waals surface area contributed by atoms with E-state index in [0.29, 0.717) is 17.5 Å². The van der Waals surface area contributed by atoms with Gasteiger partial charge in [0.15, 0.2) is 11.6 Å². The Kier molecular flexibility index (Phi) is 5.62. The lowest BCUT2D eigenvalue weighted by Crippen LogP contribution is -2.50. The minimum Gasteiger partial charge on any atom is -0.465 e. The number of carbonyl (C=O) groups is 1. The number of halogens is 2. The number of likely N-dealkylation sites (tertiary alicyclic amines) is 1. The predicted molar refractivity (Wildman–Crippen MR) is 122 cm³/mol. The van der Waals surface area contributed by atoms with Gasteiger partial charge in [0.05, 0.1) is 13.2 Å². The lowest BCUT2D eigenvalue weighted by molar-refractivity contribution is -0.0916. The zero-order valence-electron chi connectivity index (χ0n) is 18.7. The van der Waals surface area contributed by atoms with Gasteiger partial charge in [0.2, 0.25) is 0 Å². The van der Waals surface area contributed by atoms with Crippen LogP contribution in [0.3, 0.4) is 0 Å². The summed E-state index contributed by atoms with van der Waals surface area (Å²) < 4.78 is 34.5. The first-order valence-electron chi connectivity index (χ1n) is 11.2. The van der Waals surface area contributed by atoms with Crippen LogP contribution in [0.1, 0.15) is 40.2 Å². The van der Waals surface area contributed by atoms with Crippen molar-refractivity contribution in [3.8, 4) is 11.1 Å². The summed E-state index contributed by atoms with van der Waals surface area (Å²) in [5, 5.41) is 19.4. The van der Waals surface area contributed by atoms with Crippen LogP contribution in [0.2, 0.25) is 0 Å². The van der Waals surface area contributed by atoms with Gasteiger partial charge in [-0.1, -0.05) is 42.5 Å². The van der Waals surface area contributed by atoms with Crippen LogP contribution in [-0.2, 0) is 23.6 Å². The normalized spacial score (nSPS) is 21.6. The molecule has 0 radical (unpaired) electrons. The molecule has 3 aromatic carbocycles. The van der Waals surface area contributed by atoms with Gasteiger partial charge in [0.25, 0.3) is 0 Å². The first kappa shape index (κ1) is 22.5. The van der Waals surface area contributed by atoms with Crippen molar-refractivity contribution in [1.29, 1.82) is 0 Å². The topological polar surface area (TPSA) is 70.0 Å². The number of ether oxygens (including phenoxy) is 1. The summed E-state index contributed by atoms with van der Waals surface area (Å²) in [6.45, 7) is 2.45. The molecule has 2 aliphatic heterocycles. The zero-order chi connectivity index (χ0) is 24.0. The van der Waals surface area contributed by atoms with E-state index in [1.54, 1.807) is 0 Å². The second-order valence-corrected chi connectivity index (χ2v) is 9.02. The van der Waals surface area contributed by atoms with Crippen LogP contribution in [0, 0.1) is 18.6 Å². The van der Waals surface area contributed by atoms with E-state index in [4.69, 9.17) is 4.74 Å². The number of nitrogens with zero attached hydrogens (tertiary/aromatic N) is 1. The average molecular weight is 465 g/mol. The summed E-state index contributed by atoms with van der Waals surface area (Å²) in [5.41, 5.74) is 4.75. The monoisotopic (exact) mass is 465 g/mol. The maximum absolute atomic E-state index is 14.3. The van der Waals surface area contributed by atoms with E-state index < -0.39 is 29.2 Å². The van der Waals surface area contributed by atoms with Crippen molar-refractivity contribution in [2.24, 2.45) is 0 Å². The fourth-order valence-corrected chi connectivity index (χ4v) is 5.51. The number of benzene rings is 3. The minimum atomic E-state index is -1.02. The molecule has 2 aliphatic rings. The molecule has 1 saturated heterocycles. The average Bonchev–Trinajstić information content (AvgIpc) is 3.17. The number of aryl methyl sites for hydroxylation is 1. The molecule has 7 heteroatoms. The van der Waals surface area contributed by atoms with E-state index >= 15 is 0 Å². The Bertz CT molecular complexity index is 1280. The Hall–Kier alpha value is -3.29. The number of hydrogen-bond acceptors (Lipinski definition) is 3. The minimum absolute atomic E-state index is 0.0803. The van der Waals surface area contributed by atoms with E-state index in [-0.39, 0.29) is 26.3 Å². The highest BCUT2D eigenvalue weighted by Crippen LogP contribution is 2.52. The van der Waals surface area contributed by atoms with Crippen molar-refractivity contribution in [1.82, 2.24) is 4.90 Å². The van der Waals surface area contributed by atoms with Gasteiger partial charge < -0.3 is 19.8 Å². The molecule has 34 heavy (non-hydrogen) atoms. The molecule has 0 aliphatic carbocycles. The molecule has 0 unspecified atom stereocenters. The van der Waals surface area contributed by atoms with Crippen LogP contribution in [0.5, 0.6) is 0 Å².